The predicted octanol–water partition coefficient (Wildman–Crippen LogP) is 4.19. The standard InChI is InChI=1S/C20H25NO2/c1-5-20(22)21-17-11-12-19(23-6-2)18(13-17)16-9-7-15(8-10-16)14(3)4/h5,7-10,12-14,17H,1,6,11H2,2-4H3,(H,21,22)/t17-/m1/s1. The van der Waals surface area contributed by atoms with Crippen molar-refractivity contribution >= 4 is 11.5 Å². The van der Waals surface area contributed by atoms with Gasteiger partial charge in [-0.3, -0.25) is 4.79 Å². The van der Waals surface area contributed by atoms with Crippen LogP contribution in [0.15, 0.2) is 54.8 Å². The molecule has 0 spiro atoms. The predicted molar refractivity (Wildman–Crippen MR) is 95.0 cm³/mol. The van der Waals surface area contributed by atoms with Crippen LogP contribution in [0.5, 0.6) is 0 Å². The monoisotopic (exact) mass is 311 g/mol. The minimum Gasteiger partial charge on any atom is -0.494 e. The molecule has 3 nitrogen and oxygen atoms in total. The second-order valence-corrected chi connectivity index (χ2v) is 5.91. The highest BCUT2D eigenvalue weighted by atomic mass is 16.5. The Hall–Kier alpha value is -2.29. The Morgan fingerprint density at radius 1 is 1.39 bits per heavy atom. The summed E-state index contributed by atoms with van der Waals surface area (Å²) in [6, 6.07) is 8.49. The highest BCUT2D eigenvalue weighted by Crippen LogP contribution is 2.30. The van der Waals surface area contributed by atoms with E-state index in [4.69, 9.17) is 4.74 Å². The average Bonchev–Trinajstić information content (AvgIpc) is 2.56. The number of hydrogen-bond donors (Lipinski definition) is 1. The first-order chi connectivity index (χ1) is 11.0. The third kappa shape index (κ3) is 4.35. The first-order valence-corrected chi connectivity index (χ1v) is 8.13. The summed E-state index contributed by atoms with van der Waals surface area (Å²) >= 11 is 0. The van der Waals surface area contributed by atoms with E-state index >= 15 is 0 Å². The molecule has 2 rings (SSSR count). The van der Waals surface area contributed by atoms with Crippen LogP contribution in [0.1, 0.15) is 44.2 Å². The lowest BCUT2D eigenvalue weighted by Gasteiger charge is -2.23. The fourth-order valence-corrected chi connectivity index (χ4v) is 2.62. The molecule has 122 valence electrons. The van der Waals surface area contributed by atoms with Crippen molar-refractivity contribution in [3.8, 4) is 0 Å². The maximum atomic E-state index is 11.5. The molecule has 0 heterocycles. The Morgan fingerprint density at radius 3 is 2.65 bits per heavy atom. The number of benzene rings is 1. The fraction of sp³-hybridized carbons (Fsp3) is 0.350. The molecular weight excluding hydrogens is 286 g/mol. The van der Waals surface area contributed by atoms with Crippen LogP contribution in [0.4, 0.5) is 0 Å². The molecule has 0 bridgehead atoms. The normalized spacial score (nSPS) is 17.3. The molecule has 0 saturated heterocycles. The lowest BCUT2D eigenvalue weighted by molar-refractivity contribution is -0.116. The first-order valence-electron chi connectivity index (χ1n) is 8.13. The van der Waals surface area contributed by atoms with Gasteiger partial charge in [-0.25, -0.2) is 0 Å². The zero-order chi connectivity index (χ0) is 16.8. The van der Waals surface area contributed by atoms with Crippen LogP contribution in [-0.2, 0) is 9.53 Å². The molecule has 1 N–H and O–H groups in total. The van der Waals surface area contributed by atoms with Crippen molar-refractivity contribution in [2.24, 2.45) is 0 Å². The Kier molecular flexibility index (Phi) is 5.80. The minimum absolute atomic E-state index is 0.0375. The molecule has 0 aliphatic heterocycles. The van der Waals surface area contributed by atoms with Crippen molar-refractivity contribution in [3.63, 3.8) is 0 Å². The van der Waals surface area contributed by atoms with Crippen molar-refractivity contribution in [3.05, 3.63) is 66.0 Å². The summed E-state index contributed by atoms with van der Waals surface area (Å²) in [5.41, 5.74) is 3.44. The molecule has 23 heavy (non-hydrogen) atoms. The zero-order valence-electron chi connectivity index (χ0n) is 14.1. The summed E-state index contributed by atoms with van der Waals surface area (Å²) in [4.78, 5) is 11.5. The van der Waals surface area contributed by atoms with E-state index in [1.54, 1.807) is 0 Å². The summed E-state index contributed by atoms with van der Waals surface area (Å²) in [6.45, 7) is 10.5. The molecule has 0 unspecified atom stereocenters. The van der Waals surface area contributed by atoms with Crippen LogP contribution in [-0.4, -0.2) is 18.6 Å². The lowest BCUT2D eigenvalue weighted by Crippen LogP contribution is -2.33. The van der Waals surface area contributed by atoms with E-state index in [1.165, 1.54) is 11.6 Å². The molecule has 1 aliphatic rings. The van der Waals surface area contributed by atoms with Crippen molar-refractivity contribution in [1.29, 1.82) is 0 Å². The van der Waals surface area contributed by atoms with E-state index in [0.717, 1.165) is 23.3 Å². The van der Waals surface area contributed by atoms with E-state index in [-0.39, 0.29) is 11.9 Å². The maximum absolute atomic E-state index is 11.5. The van der Waals surface area contributed by atoms with Crippen LogP contribution >= 0.6 is 0 Å². The van der Waals surface area contributed by atoms with Crippen molar-refractivity contribution in [2.75, 3.05) is 6.61 Å². The quantitative estimate of drug-likeness (QED) is 0.800. The maximum Gasteiger partial charge on any atom is 0.243 e. The topological polar surface area (TPSA) is 38.3 Å². The van der Waals surface area contributed by atoms with Crippen LogP contribution < -0.4 is 5.32 Å². The highest BCUT2D eigenvalue weighted by Gasteiger charge is 2.19. The average molecular weight is 311 g/mol. The van der Waals surface area contributed by atoms with Gasteiger partial charge in [0.1, 0.15) is 5.76 Å². The lowest BCUT2D eigenvalue weighted by atomic mass is 9.93. The van der Waals surface area contributed by atoms with Gasteiger partial charge in [-0.15, -0.1) is 0 Å². The Labute approximate surface area is 138 Å². The molecular formula is C20H25NO2. The Bertz CT molecular complexity index is 624. The van der Waals surface area contributed by atoms with Crippen LogP contribution in [0, 0.1) is 0 Å². The SMILES string of the molecule is C=CC(=O)N[C@H]1C=C(c2ccc(C(C)C)cc2)C(OCC)=CC1. The molecule has 1 aromatic rings. The summed E-state index contributed by atoms with van der Waals surface area (Å²) in [7, 11) is 0. The van der Waals surface area contributed by atoms with Crippen LogP contribution in [0.2, 0.25) is 0 Å². The summed E-state index contributed by atoms with van der Waals surface area (Å²) in [5.74, 6) is 1.23. The summed E-state index contributed by atoms with van der Waals surface area (Å²) in [5, 5.41) is 2.93. The van der Waals surface area contributed by atoms with Gasteiger partial charge in [-0.1, -0.05) is 50.8 Å². The van der Waals surface area contributed by atoms with E-state index in [9.17, 15) is 4.79 Å². The minimum atomic E-state index is -0.158. The van der Waals surface area contributed by atoms with E-state index in [1.807, 2.05) is 13.0 Å². The van der Waals surface area contributed by atoms with Crippen LogP contribution in [0.3, 0.4) is 0 Å². The number of amides is 1. The van der Waals surface area contributed by atoms with Crippen molar-refractivity contribution < 1.29 is 9.53 Å². The van der Waals surface area contributed by atoms with E-state index in [2.05, 4.69) is 56.1 Å². The number of rotatable bonds is 6. The summed E-state index contributed by atoms with van der Waals surface area (Å²) in [6.07, 6.45) is 6.13. The number of ether oxygens (including phenoxy) is 1. The third-order valence-electron chi connectivity index (χ3n) is 3.89. The van der Waals surface area contributed by atoms with Gasteiger partial charge >= 0.3 is 0 Å². The van der Waals surface area contributed by atoms with Gasteiger partial charge in [0, 0.05) is 5.57 Å². The molecule has 1 atom stereocenters. The Morgan fingerprint density at radius 2 is 2.09 bits per heavy atom. The van der Waals surface area contributed by atoms with Gasteiger partial charge in [-0.05, 0) is 42.5 Å². The molecule has 0 radical (unpaired) electrons. The molecule has 0 aromatic heterocycles. The smallest absolute Gasteiger partial charge is 0.243 e. The van der Waals surface area contributed by atoms with Gasteiger partial charge in [-0.2, -0.15) is 0 Å². The largest absolute Gasteiger partial charge is 0.494 e. The van der Waals surface area contributed by atoms with Gasteiger partial charge < -0.3 is 10.1 Å². The molecule has 1 amide bonds. The summed E-state index contributed by atoms with van der Waals surface area (Å²) < 4.78 is 5.77. The number of carbonyl (C=O) groups excluding carboxylic acids is 1. The number of hydrogen-bond acceptors (Lipinski definition) is 2. The molecule has 1 aliphatic carbocycles. The molecule has 0 saturated carbocycles. The van der Waals surface area contributed by atoms with Gasteiger partial charge in [0.2, 0.25) is 5.91 Å². The van der Waals surface area contributed by atoms with Crippen molar-refractivity contribution in [2.45, 2.75) is 39.2 Å². The second-order valence-electron chi connectivity index (χ2n) is 5.91. The van der Waals surface area contributed by atoms with Gasteiger partial charge in [0.05, 0.1) is 12.6 Å². The molecule has 1 aromatic carbocycles. The fourth-order valence-electron chi connectivity index (χ4n) is 2.62. The van der Waals surface area contributed by atoms with Crippen molar-refractivity contribution in [1.82, 2.24) is 5.32 Å². The number of carbonyl (C=O) groups is 1. The third-order valence-corrected chi connectivity index (χ3v) is 3.89. The van der Waals surface area contributed by atoms with Crippen LogP contribution in [0.25, 0.3) is 5.57 Å². The second kappa shape index (κ2) is 7.82. The first kappa shape index (κ1) is 17.1. The van der Waals surface area contributed by atoms with E-state index < -0.39 is 0 Å². The number of allylic oxidation sites excluding steroid dienone is 1. The molecule has 3 heteroatoms. The van der Waals surface area contributed by atoms with Gasteiger partial charge in [0.25, 0.3) is 0 Å². The number of nitrogens with one attached hydrogen (secondary N) is 1. The Balaban J connectivity index is 2.29. The van der Waals surface area contributed by atoms with E-state index in [0.29, 0.717) is 12.5 Å². The highest BCUT2D eigenvalue weighted by molar-refractivity contribution is 5.88. The molecule has 0 fully saturated rings. The zero-order valence-corrected chi connectivity index (χ0v) is 14.1. The van der Waals surface area contributed by atoms with Gasteiger partial charge in [0.15, 0.2) is 0 Å².